The molecule has 0 aliphatic carbocycles. The van der Waals surface area contributed by atoms with Crippen LogP contribution >= 0.6 is 0 Å². The summed E-state index contributed by atoms with van der Waals surface area (Å²) in [5.41, 5.74) is 5.92. The van der Waals surface area contributed by atoms with Crippen molar-refractivity contribution in [2.75, 3.05) is 18.1 Å². The first kappa shape index (κ1) is 27.9. The smallest absolute Gasteiger partial charge is 0.315 e. The van der Waals surface area contributed by atoms with Gasteiger partial charge in [0.2, 0.25) is 11.8 Å². The summed E-state index contributed by atoms with van der Waals surface area (Å²) >= 11 is 0. The quantitative estimate of drug-likeness (QED) is 0.320. The lowest BCUT2D eigenvalue weighted by atomic mass is 9.98. The van der Waals surface area contributed by atoms with Gasteiger partial charge >= 0.3 is 6.03 Å². The molecule has 0 spiro atoms. The van der Waals surface area contributed by atoms with Gasteiger partial charge in [-0.25, -0.2) is 4.79 Å². The molecule has 0 bridgehead atoms. The number of para-hydroxylation sites is 1. The van der Waals surface area contributed by atoms with Gasteiger partial charge in [0.15, 0.2) is 0 Å². The highest BCUT2D eigenvalue weighted by atomic mass is 16.3. The molecule has 204 valence electrons. The molecule has 8 nitrogen and oxygen atoms in total. The first-order chi connectivity index (χ1) is 19.0. The number of carbonyl (C=O) groups excluding carboxylic acids is 3. The Morgan fingerprint density at radius 2 is 1.72 bits per heavy atom. The number of aliphatic hydroxyl groups is 1. The van der Waals surface area contributed by atoms with Crippen LogP contribution in [0.1, 0.15) is 42.9 Å². The van der Waals surface area contributed by atoms with Gasteiger partial charge in [0.05, 0.1) is 13.2 Å². The molecule has 0 aromatic heterocycles. The Hall–Kier alpha value is -4.17. The minimum absolute atomic E-state index is 0.0925. The van der Waals surface area contributed by atoms with Gasteiger partial charge in [-0.05, 0) is 53.1 Å². The SMILES string of the molecule is CCCC(=O)N[C@@H]1CCc2ccccc2N(Cc2ccc(-c3ccccc3CNC(=O)NCCO)cc2)C1=O. The zero-order valence-corrected chi connectivity index (χ0v) is 22.3. The van der Waals surface area contributed by atoms with E-state index < -0.39 is 6.04 Å². The van der Waals surface area contributed by atoms with Crippen molar-refractivity contribution >= 4 is 23.5 Å². The second-order valence-corrected chi connectivity index (χ2v) is 9.65. The molecule has 1 atom stereocenters. The average molecular weight is 529 g/mol. The predicted octanol–water partition coefficient (Wildman–Crippen LogP) is 3.91. The molecule has 0 saturated carbocycles. The molecule has 1 heterocycles. The van der Waals surface area contributed by atoms with Gasteiger partial charge in [-0.15, -0.1) is 0 Å². The van der Waals surface area contributed by atoms with Crippen molar-refractivity contribution < 1.29 is 19.5 Å². The van der Waals surface area contributed by atoms with E-state index in [4.69, 9.17) is 5.11 Å². The van der Waals surface area contributed by atoms with Crippen molar-refractivity contribution in [3.8, 4) is 11.1 Å². The summed E-state index contributed by atoms with van der Waals surface area (Å²) in [6, 6.07) is 23.0. The summed E-state index contributed by atoms with van der Waals surface area (Å²) in [6.07, 6.45) is 2.43. The lowest BCUT2D eigenvalue weighted by Crippen LogP contribution is -2.47. The second kappa shape index (κ2) is 13.6. The fraction of sp³-hybridized carbons (Fsp3) is 0.323. The molecule has 4 rings (SSSR count). The third kappa shape index (κ3) is 7.23. The number of hydrogen-bond donors (Lipinski definition) is 4. The maximum absolute atomic E-state index is 13.6. The fourth-order valence-corrected chi connectivity index (χ4v) is 4.84. The Morgan fingerprint density at radius 1 is 0.974 bits per heavy atom. The fourth-order valence-electron chi connectivity index (χ4n) is 4.84. The van der Waals surface area contributed by atoms with E-state index in [1.54, 1.807) is 4.90 Å². The number of fused-ring (bicyclic) bond motifs is 1. The number of benzene rings is 3. The first-order valence-electron chi connectivity index (χ1n) is 13.5. The van der Waals surface area contributed by atoms with Gasteiger partial charge in [0.1, 0.15) is 6.04 Å². The number of carbonyl (C=O) groups is 3. The zero-order chi connectivity index (χ0) is 27.6. The van der Waals surface area contributed by atoms with Gasteiger partial charge in [-0.1, -0.05) is 73.7 Å². The van der Waals surface area contributed by atoms with Crippen LogP contribution < -0.4 is 20.9 Å². The van der Waals surface area contributed by atoms with Gasteiger partial charge < -0.3 is 26.0 Å². The molecule has 4 amide bonds. The van der Waals surface area contributed by atoms with Crippen LogP contribution in [-0.4, -0.2) is 42.1 Å². The Kier molecular flexibility index (Phi) is 9.69. The molecule has 3 aromatic carbocycles. The number of anilines is 1. The molecule has 1 aliphatic heterocycles. The van der Waals surface area contributed by atoms with Crippen molar-refractivity contribution in [3.05, 3.63) is 89.5 Å². The molecule has 1 aliphatic rings. The summed E-state index contributed by atoms with van der Waals surface area (Å²) in [5, 5.41) is 17.2. The summed E-state index contributed by atoms with van der Waals surface area (Å²) in [7, 11) is 0. The third-order valence-electron chi connectivity index (χ3n) is 6.82. The van der Waals surface area contributed by atoms with E-state index in [2.05, 4.69) is 16.0 Å². The molecular formula is C31H36N4O4. The lowest BCUT2D eigenvalue weighted by Gasteiger charge is -2.26. The Balaban J connectivity index is 1.52. The van der Waals surface area contributed by atoms with Crippen LogP contribution in [0, 0.1) is 0 Å². The standard InChI is InChI=1S/C31H36N4O4/c1-2-7-29(37)34-27-17-16-24-8-4-6-11-28(24)35(30(27)38)21-22-12-14-23(15-13-22)26-10-5-3-9-25(26)20-33-31(39)32-18-19-36/h3-6,8-15,27,36H,2,7,16-21H2,1H3,(H,34,37)(H2,32,33,39)/t27-/m1/s1. The Morgan fingerprint density at radius 3 is 2.49 bits per heavy atom. The third-order valence-corrected chi connectivity index (χ3v) is 6.82. The van der Waals surface area contributed by atoms with Crippen LogP contribution in [0.2, 0.25) is 0 Å². The van der Waals surface area contributed by atoms with Crippen molar-refractivity contribution in [2.45, 2.75) is 51.7 Å². The van der Waals surface area contributed by atoms with Crippen LogP contribution in [-0.2, 0) is 29.1 Å². The predicted molar refractivity (Wildman–Crippen MR) is 152 cm³/mol. The zero-order valence-electron chi connectivity index (χ0n) is 22.3. The van der Waals surface area contributed by atoms with E-state index in [0.29, 0.717) is 25.9 Å². The number of rotatable bonds is 10. The molecule has 39 heavy (non-hydrogen) atoms. The van der Waals surface area contributed by atoms with E-state index in [0.717, 1.165) is 46.3 Å². The van der Waals surface area contributed by atoms with Crippen LogP contribution in [0.4, 0.5) is 10.5 Å². The summed E-state index contributed by atoms with van der Waals surface area (Å²) in [6.45, 7) is 2.78. The number of urea groups is 1. The highest BCUT2D eigenvalue weighted by molar-refractivity contribution is 6.00. The number of aryl methyl sites for hydroxylation is 1. The van der Waals surface area contributed by atoms with Crippen molar-refractivity contribution in [1.82, 2.24) is 16.0 Å². The number of amides is 4. The molecule has 4 N–H and O–H groups in total. The number of aliphatic hydroxyl groups excluding tert-OH is 1. The topological polar surface area (TPSA) is 111 Å². The molecule has 0 unspecified atom stereocenters. The van der Waals surface area contributed by atoms with Crippen molar-refractivity contribution in [3.63, 3.8) is 0 Å². The molecule has 8 heteroatoms. The minimum atomic E-state index is -0.551. The largest absolute Gasteiger partial charge is 0.395 e. The average Bonchev–Trinajstić information content (AvgIpc) is 3.08. The van der Waals surface area contributed by atoms with Gasteiger partial charge in [0.25, 0.3) is 0 Å². The summed E-state index contributed by atoms with van der Waals surface area (Å²) in [5.74, 6) is -0.186. The normalized spacial score (nSPS) is 14.8. The number of nitrogens with one attached hydrogen (secondary N) is 3. The molecule has 3 aromatic rings. The van der Waals surface area contributed by atoms with Crippen LogP contribution in [0.25, 0.3) is 11.1 Å². The monoisotopic (exact) mass is 528 g/mol. The maximum Gasteiger partial charge on any atom is 0.315 e. The number of hydrogen-bond acceptors (Lipinski definition) is 4. The van der Waals surface area contributed by atoms with Crippen LogP contribution in [0.15, 0.2) is 72.8 Å². The van der Waals surface area contributed by atoms with E-state index in [1.165, 1.54) is 0 Å². The molecule has 0 radical (unpaired) electrons. The maximum atomic E-state index is 13.6. The highest BCUT2D eigenvalue weighted by Gasteiger charge is 2.31. The minimum Gasteiger partial charge on any atom is -0.395 e. The number of nitrogens with zero attached hydrogens (tertiary/aromatic N) is 1. The summed E-state index contributed by atoms with van der Waals surface area (Å²) in [4.78, 5) is 39.7. The van der Waals surface area contributed by atoms with Gasteiger partial charge in [0, 0.05) is 25.2 Å². The summed E-state index contributed by atoms with van der Waals surface area (Å²) < 4.78 is 0. The van der Waals surface area contributed by atoms with Crippen molar-refractivity contribution in [2.24, 2.45) is 0 Å². The van der Waals surface area contributed by atoms with E-state index in [-0.39, 0.29) is 31.0 Å². The van der Waals surface area contributed by atoms with Crippen molar-refractivity contribution in [1.29, 1.82) is 0 Å². The van der Waals surface area contributed by atoms with E-state index in [1.807, 2.05) is 79.7 Å². The van der Waals surface area contributed by atoms with Crippen LogP contribution in [0.5, 0.6) is 0 Å². The first-order valence-corrected chi connectivity index (χ1v) is 13.5. The molecular weight excluding hydrogens is 492 g/mol. The molecule has 0 fully saturated rings. The van der Waals surface area contributed by atoms with E-state index >= 15 is 0 Å². The Labute approximate surface area is 229 Å². The van der Waals surface area contributed by atoms with E-state index in [9.17, 15) is 14.4 Å². The van der Waals surface area contributed by atoms with Gasteiger partial charge in [-0.2, -0.15) is 0 Å². The lowest BCUT2D eigenvalue weighted by molar-refractivity contribution is -0.127. The highest BCUT2D eigenvalue weighted by Crippen LogP contribution is 2.30. The Bertz CT molecular complexity index is 1290. The van der Waals surface area contributed by atoms with Gasteiger partial charge in [-0.3, -0.25) is 9.59 Å². The second-order valence-electron chi connectivity index (χ2n) is 9.65. The van der Waals surface area contributed by atoms with Crippen LogP contribution in [0.3, 0.4) is 0 Å². The molecule has 0 saturated heterocycles.